The molecule has 4 rings (SSSR count). The minimum atomic E-state index is -1.26. The Labute approximate surface area is 158 Å². The molecule has 3 aliphatic rings. The van der Waals surface area contributed by atoms with E-state index in [1.54, 1.807) is 0 Å². The molecule has 1 N–H and O–H groups in total. The molecule has 27 heavy (non-hydrogen) atoms. The topological polar surface area (TPSA) is 79.0 Å². The van der Waals surface area contributed by atoms with Crippen molar-refractivity contribution in [1.82, 2.24) is 10.2 Å². The number of nitrogens with one attached hydrogen (secondary N) is 1. The molecule has 0 aliphatic carbocycles. The lowest BCUT2D eigenvalue weighted by Crippen LogP contribution is -2.72. The van der Waals surface area contributed by atoms with Crippen LogP contribution in [0, 0.1) is 5.41 Å². The molecule has 2 fully saturated rings. The van der Waals surface area contributed by atoms with Gasteiger partial charge in [-0.2, -0.15) is 0 Å². The normalized spacial score (nSPS) is 27.9. The molecule has 0 bridgehead atoms. The number of rotatable bonds is 3. The summed E-state index contributed by atoms with van der Waals surface area (Å²) < 4.78 is 5.06. The summed E-state index contributed by atoms with van der Waals surface area (Å²) in [5.74, 6) is -0.850. The number of para-hydroxylation sites is 1. The average molecular weight is 371 g/mol. The maximum atomic E-state index is 13.6. The van der Waals surface area contributed by atoms with Gasteiger partial charge in [-0.25, -0.2) is 4.79 Å². The van der Waals surface area contributed by atoms with Crippen LogP contribution in [0.1, 0.15) is 31.2 Å². The van der Waals surface area contributed by atoms with Crippen LogP contribution in [0.15, 0.2) is 24.3 Å². The van der Waals surface area contributed by atoms with Gasteiger partial charge in [-0.3, -0.25) is 19.8 Å². The SMILES string of the molecule is COCCN1C(=O)NC(=O)[C@@]2(Cc3ccccc3N3CCCCC[C@H]32)C1=O. The second-order valence-corrected chi connectivity index (χ2v) is 7.54. The van der Waals surface area contributed by atoms with Gasteiger partial charge in [-0.05, 0) is 30.9 Å². The number of methoxy groups -OCH3 is 1. The Hall–Kier alpha value is -2.41. The van der Waals surface area contributed by atoms with Crippen LogP contribution in [0.2, 0.25) is 0 Å². The Morgan fingerprint density at radius 2 is 2.00 bits per heavy atom. The molecule has 1 spiro atoms. The summed E-state index contributed by atoms with van der Waals surface area (Å²) in [5.41, 5.74) is 0.830. The minimum Gasteiger partial charge on any atom is -0.383 e. The lowest BCUT2D eigenvalue weighted by molar-refractivity contribution is -0.154. The third-order valence-corrected chi connectivity index (χ3v) is 6.11. The Morgan fingerprint density at radius 3 is 2.81 bits per heavy atom. The molecular formula is C20H25N3O4. The quantitative estimate of drug-likeness (QED) is 0.819. The van der Waals surface area contributed by atoms with Crippen molar-refractivity contribution in [2.45, 2.75) is 38.1 Å². The first kappa shape index (κ1) is 18.0. The fraction of sp³-hybridized carbons (Fsp3) is 0.550. The summed E-state index contributed by atoms with van der Waals surface area (Å²) in [4.78, 5) is 42.4. The Morgan fingerprint density at radius 1 is 1.19 bits per heavy atom. The number of carbonyl (C=O) groups excluding carboxylic acids is 3. The first-order valence-electron chi connectivity index (χ1n) is 9.60. The molecular weight excluding hydrogens is 346 g/mol. The van der Waals surface area contributed by atoms with Crippen molar-refractivity contribution >= 4 is 23.5 Å². The molecule has 3 aliphatic heterocycles. The van der Waals surface area contributed by atoms with Crippen molar-refractivity contribution in [1.29, 1.82) is 0 Å². The van der Waals surface area contributed by atoms with Gasteiger partial charge in [0.2, 0.25) is 11.8 Å². The predicted molar refractivity (Wildman–Crippen MR) is 99.3 cm³/mol. The van der Waals surface area contributed by atoms with Crippen molar-refractivity contribution in [3.05, 3.63) is 29.8 Å². The largest absolute Gasteiger partial charge is 0.383 e. The lowest BCUT2D eigenvalue weighted by atomic mass is 9.67. The average Bonchev–Trinajstić information content (AvgIpc) is 2.93. The highest BCUT2D eigenvalue weighted by atomic mass is 16.5. The Bertz CT molecular complexity index is 780. The van der Waals surface area contributed by atoms with Gasteiger partial charge >= 0.3 is 6.03 Å². The summed E-state index contributed by atoms with van der Waals surface area (Å²) in [5, 5.41) is 2.46. The van der Waals surface area contributed by atoms with Gasteiger partial charge in [0.25, 0.3) is 0 Å². The smallest absolute Gasteiger partial charge is 0.330 e. The number of ether oxygens (including phenoxy) is 1. The van der Waals surface area contributed by atoms with Crippen LogP contribution in [-0.2, 0) is 20.7 Å². The molecule has 2 atom stereocenters. The summed E-state index contributed by atoms with van der Waals surface area (Å²) in [7, 11) is 1.52. The molecule has 2 saturated heterocycles. The number of anilines is 1. The zero-order chi connectivity index (χ0) is 19.0. The molecule has 7 nitrogen and oxygen atoms in total. The van der Waals surface area contributed by atoms with Crippen LogP contribution in [-0.4, -0.2) is 55.6 Å². The predicted octanol–water partition coefficient (Wildman–Crippen LogP) is 1.70. The van der Waals surface area contributed by atoms with E-state index in [0.717, 1.165) is 48.4 Å². The second kappa shape index (κ2) is 6.96. The summed E-state index contributed by atoms with van der Waals surface area (Å²) in [6, 6.07) is 7.10. The molecule has 0 unspecified atom stereocenters. The number of hydrogen-bond acceptors (Lipinski definition) is 5. The molecule has 1 aromatic rings. The van der Waals surface area contributed by atoms with E-state index in [-0.39, 0.29) is 25.1 Å². The van der Waals surface area contributed by atoms with Crippen LogP contribution >= 0.6 is 0 Å². The van der Waals surface area contributed by atoms with Crippen molar-refractivity contribution in [2.24, 2.45) is 5.41 Å². The molecule has 0 radical (unpaired) electrons. The van der Waals surface area contributed by atoms with Crippen molar-refractivity contribution in [2.75, 3.05) is 31.7 Å². The summed E-state index contributed by atoms with van der Waals surface area (Å²) >= 11 is 0. The minimum absolute atomic E-state index is 0.143. The number of barbiturate groups is 1. The van der Waals surface area contributed by atoms with Gasteiger partial charge < -0.3 is 9.64 Å². The third kappa shape index (κ3) is 2.72. The standard InChI is InChI=1S/C20H25N3O4/c1-27-12-11-23-18(25)20(17(24)21-19(23)26)13-14-7-4-5-8-15(14)22-10-6-2-3-9-16(20)22/h4-5,7-8,16H,2-3,6,9-13H2,1H3,(H,21,24,26)/t16-,20-/m0/s1. The van der Waals surface area contributed by atoms with Crippen LogP contribution in [0.25, 0.3) is 0 Å². The van der Waals surface area contributed by atoms with Crippen molar-refractivity contribution in [3.63, 3.8) is 0 Å². The fourth-order valence-electron chi connectivity index (χ4n) is 4.81. The van der Waals surface area contributed by atoms with Gasteiger partial charge in [-0.15, -0.1) is 0 Å². The summed E-state index contributed by atoms with van der Waals surface area (Å²) in [6.45, 7) is 1.20. The maximum absolute atomic E-state index is 13.6. The van der Waals surface area contributed by atoms with Crippen molar-refractivity contribution < 1.29 is 19.1 Å². The number of fused-ring (bicyclic) bond motifs is 4. The highest BCUT2D eigenvalue weighted by molar-refractivity contribution is 6.20. The van der Waals surface area contributed by atoms with Gasteiger partial charge in [0, 0.05) is 19.3 Å². The van der Waals surface area contributed by atoms with E-state index in [1.165, 1.54) is 7.11 Å². The number of amides is 4. The highest BCUT2D eigenvalue weighted by Crippen LogP contribution is 2.46. The zero-order valence-electron chi connectivity index (χ0n) is 15.6. The van der Waals surface area contributed by atoms with Gasteiger partial charge in [0.15, 0.2) is 5.41 Å². The van der Waals surface area contributed by atoms with Crippen LogP contribution in [0.3, 0.4) is 0 Å². The van der Waals surface area contributed by atoms with E-state index in [4.69, 9.17) is 4.74 Å². The molecule has 7 heteroatoms. The van der Waals surface area contributed by atoms with E-state index >= 15 is 0 Å². The molecule has 0 saturated carbocycles. The molecule has 3 heterocycles. The third-order valence-electron chi connectivity index (χ3n) is 6.11. The first-order valence-corrected chi connectivity index (χ1v) is 9.60. The fourth-order valence-corrected chi connectivity index (χ4v) is 4.81. The number of urea groups is 1. The van der Waals surface area contributed by atoms with E-state index in [1.807, 2.05) is 18.2 Å². The lowest BCUT2D eigenvalue weighted by Gasteiger charge is -2.51. The maximum Gasteiger partial charge on any atom is 0.330 e. The van der Waals surface area contributed by atoms with Crippen LogP contribution in [0.4, 0.5) is 10.5 Å². The van der Waals surface area contributed by atoms with Crippen LogP contribution in [0.5, 0.6) is 0 Å². The van der Waals surface area contributed by atoms with Gasteiger partial charge in [0.1, 0.15) is 0 Å². The van der Waals surface area contributed by atoms with Crippen molar-refractivity contribution in [3.8, 4) is 0 Å². The highest BCUT2D eigenvalue weighted by Gasteiger charge is 2.61. The van der Waals surface area contributed by atoms with Gasteiger partial charge in [-0.1, -0.05) is 31.0 Å². The number of carbonyl (C=O) groups is 3. The van der Waals surface area contributed by atoms with Crippen LogP contribution < -0.4 is 10.2 Å². The first-order chi connectivity index (χ1) is 13.1. The van der Waals surface area contributed by atoms with Gasteiger partial charge in [0.05, 0.1) is 19.2 Å². The second-order valence-electron chi connectivity index (χ2n) is 7.54. The van der Waals surface area contributed by atoms with E-state index in [0.29, 0.717) is 6.42 Å². The number of imide groups is 2. The van der Waals surface area contributed by atoms with E-state index in [2.05, 4.69) is 16.3 Å². The molecule has 1 aromatic carbocycles. The molecule has 0 aromatic heterocycles. The monoisotopic (exact) mass is 371 g/mol. The van der Waals surface area contributed by atoms with E-state index < -0.39 is 17.4 Å². The number of hydrogen-bond donors (Lipinski definition) is 1. The Balaban J connectivity index is 1.82. The number of nitrogens with zero attached hydrogens (tertiary/aromatic N) is 2. The zero-order valence-corrected chi connectivity index (χ0v) is 15.6. The molecule has 144 valence electrons. The number of benzene rings is 1. The Kier molecular flexibility index (Phi) is 4.63. The van der Waals surface area contributed by atoms with E-state index in [9.17, 15) is 14.4 Å². The summed E-state index contributed by atoms with van der Waals surface area (Å²) in [6.07, 6.45) is 4.17. The molecule has 4 amide bonds.